The number of hydrogen-bond acceptors (Lipinski definition) is 2. The Morgan fingerprint density at radius 2 is 1.67 bits per heavy atom. The zero-order valence-electron chi connectivity index (χ0n) is 13.5. The smallest absolute Gasteiger partial charge is 0.416 e. The maximum atomic E-state index is 13.3. The molecule has 2 nitrogen and oxygen atoms in total. The van der Waals surface area contributed by atoms with E-state index in [1.54, 1.807) is 30.3 Å². The van der Waals surface area contributed by atoms with Gasteiger partial charge in [0.2, 0.25) is 5.89 Å². The molecule has 0 saturated heterocycles. The molecular weight excluding hydrogens is 382 g/mol. The Bertz CT molecular complexity index is 1150. The standard InChI is InChI=1S/C20H10ClF4NO/c21-16-10-14(22)5-6-15(16)11-2-1-3-12(8-11)19-26-17-9-13(20(23,24)25)4-7-18(17)27-19/h1-10H. The molecule has 27 heavy (non-hydrogen) atoms. The number of halogens is 5. The number of benzene rings is 3. The molecular formula is C20H10ClF4NO. The van der Waals surface area contributed by atoms with Crippen LogP contribution in [0.15, 0.2) is 65.1 Å². The molecule has 0 atom stereocenters. The lowest BCUT2D eigenvalue weighted by molar-refractivity contribution is -0.137. The third kappa shape index (κ3) is 3.40. The van der Waals surface area contributed by atoms with E-state index in [2.05, 4.69) is 4.98 Å². The summed E-state index contributed by atoms with van der Waals surface area (Å²) < 4.78 is 57.4. The van der Waals surface area contributed by atoms with Crippen molar-refractivity contribution in [2.24, 2.45) is 0 Å². The number of fused-ring (bicyclic) bond motifs is 1. The Hall–Kier alpha value is -2.86. The van der Waals surface area contributed by atoms with Crippen LogP contribution in [0.25, 0.3) is 33.7 Å². The summed E-state index contributed by atoms with van der Waals surface area (Å²) in [4.78, 5) is 4.17. The minimum atomic E-state index is -4.45. The summed E-state index contributed by atoms with van der Waals surface area (Å²) in [5.74, 6) is -0.260. The molecule has 4 aromatic rings. The zero-order valence-corrected chi connectivity index (χ0v) is 14.3. The van der Waals surface area contributed by atoms with Gasteiger partial charge in [0.1, 0.15) is 11.3 Å². The first-order valence-corrected chi connectivity index (χ1v) is 8.23. The molecule has 0 saturated carbocycles. The van der Waals surface area contributed by atoms with E-state index in [1.807, 2.05) is 0 Å². The van der Waals surface area contributed by atoms with E-state index in [0.717, 1.165) is 12.1 Å². The van der Waals surface area contributed by atoms with Crippen molar-refractivity contribution >= 4 is 22.7 Å². The lowest BCUT2D eigenvalue weighted by atomic mass is 10.0. The first-order chi connectivity index (χ1) is 12.8. The van der Waals surface area contributed by atoms with Crippen LogP contribution in [-0.4, -0.2) is 4.98 Å². The molecule has 0 radical (unpaired) electrons. The van der Waals surface area contributed by atoms with Crippen molar-refractivity contribution in [2.45, 2.75) is 6.18 Å². The van der Waals surface area contributed by atoms with Crippen LogP contribution in [0.2, 0.25) is 5.02 Å². The van der Waals surface area contributed by atoms with Crippen LogP contribution in [0.4, 0.5) is 17.6 Å². The summed E-state index contributed by atoms with van der Waals surface area (Å²) in [6.45, 7) is 0. The summed E-state index contributed by atoms with van der Waals surface area (Å²) in [6, 6.07) is 14.2. The van der Waals surface area contributed by atoms with Crippen molar-refractivity contribution < 1.29 is 22.0 Å². The molecule has 0 amide bonds. The normalized spacial score (nSPS) is 11.9. The summed E-state index contributed by atoms with van der Waals surface area (Å²) in [7, 11) is 0. The summed E-state index contributed by atoms with van der Waals surface area (Å²) in [5, 5.41) is 0.250. The van der Waals surface area contributed by atoms with Gasteiger partial charge in [-0.1, -0.05) is 23.7 Å². The Labute approximate surface area is 156 Å². The van der Waals surface area contributed by atoms with Crippen molar-refractivity contribution in [1.29, 1.82) is 0 Å². The van der Waals surface area contributed by atoms with Gasteiger partial charge >= 0.3 is 6.18 Å². The highest BCUT2D eigenvalue weighted by molar-refractivity contribution is 6.33. The summed E-state index contributed by atoms with van der Waals surface area (Å²) in [6.07, 6.45) is -4.45. The van der Waals surface area contributed by atoms with Crippen LogP contribution in [0.3, 0.4) is 0 Å². The quantitative estimate of drug-likeness (QED) is 0.345. The van der Waals surface area contributed by atoms with Gasteiger partial charge in [0.05, 0.1) is 10.6 Å². The number of oxazole rings is 1. The maximum Gasteiger partial charge on any atom is 0.416 e. The largest absolute Gasteiger partial charge is 0.436 e. The van der Waals surface area contributed by atoms with E-state index < -0.39 is 17.6 Å². The van der Waals surface area contributed by atoms with Gasteiger partial charge < -0.3 is 4.42 Å². The Kier molecular flexibility index (Phi) is 4.15. The molecule has 136 valence electrons. The first-order valence-electron chi connectivity index (χ1n) is 7.85. The molecule has 0 aliphatic heterocycles. The Morgan fingerprint density at radius 3 is 2.41 bits per heavy atom. The molecule has 1 aromatic heterocycles. The average molecular weight is 392 g/mol. The molecule has 3 aromatic carbocycles. The van der Waals surface area contributed by atoms with Crippen molar-refractivity contribution in [3.8, 4) is 22.6 Å². The van der Waals surface area contributed by atoms with Gasteiger partial charge in [0.25, 0.3) is 0 Å². The van der Waals surface area contributed by atoms with Crippen molar-refractivity contribution in [2.75, 3.05) is 0 Å². The minimum absolute atomic E-state index is 0.116. The van der Waals surface area contributed by atoms with Crippen molar-refractivity contribution in [3.63, 3.8) is 0 Å². The van der Waals surface area contributed by atoms with Crippen molar-refractivity contribution in [3.05, 3.63) is 77.1 Å². The van der Waals surface area contributed by atoms with E-state index in [1.165, 1.54) is 18.2 Å². The van der Waals surface area contributed by atoms with E-state index in [4.69, 9.17) is 16.0 Å². The number of nitrogens with zero attached hydrogens (tertiary/aromatic N) is 1. The highest BCUT2D eigenvalue weighted by Crippen LogP contribution is 2.34. The topological polar surface area (TPSA) is 26.0 Å². The molecule has 7 heteroatoms. The fraction of sp³-hybridized carbons (Fsp3) is 0.0500. The molecule has 0 unspecified atom stereocenters. The summed E-state index contributed by atoms with van der Waals surface area (Å²) >= 11 is 6.10. The van der Waals surface area contributed by atoms with E-state index >= 15 is 0 Å². The van der Waals surface area contributed by atoms with Gasteiger partial charge in [-0.25, -0.2) is 9.37 Å². The van der Waals surface area contributed by atoms with Crippen LogP contribution in [0, 0.1) is 5.82 Å². The lowest BCUT2D eigenvalue weighted by Crippen LogP contribution is -2.03. The van der Waals surface area contributed by atoms with Gasteiger partial charge in [-0.15, -0.1) is 0 Å². The van der Waals surface area contributed by atoms with Crippen LogP contribution in [0.1, 0.15) is 5.56 Å². The molecule has 0 aliphatic carbocycles. The first kappa shape index (κ1) is 17.5. The van der Waals surface area contributed by atoms with Gasteiger partial charge in [-0.2, -0.15) is 13.2 Å². The average Bonchev–Trinajstić information content (AvgIpc) is 3.04. The number of rotatable bonds is 2. The van der Waals surface area contributed by atoms with Crippen LogP contribution >= 0.6 is 11.6 Å². The second-order valence-electron chi connectivity index (χ2n) is 5.90. The second kappa shape index (κ2) is 6.39. The van der Waals surface area contributed by atoms with Crippen LogP contribution in [0.5, 0.6) is 0 Å². The van der Waals surface area contributed by atoms with Crippen LogP contribution < -0.4 is 0 Å². The predicted octanol–water partition coefficient (Wildman–Crippen LogP) is 6.97. The van der Waals surface area contributed by atoms with Gasteiger partial charge in [0, 0.05) is 11.1 Å². The molecule has 0 fully saturated rings. The molecule has 0 bridgehead atoms. The third-order valence-electron chi connectivity index (χ3n) is 4.07. The number of alkyl halides is 3. The Balaban J connectivity index is 1.77. The van der Waals surface area contributed by atoms with Gasteiger partial charge in [0.15, 0.2) is 5.58 Å². The van der Waals surface area contributed by atoms with Crippen LogP contribution in [-0.2, 0) is 6.18 Å². The number of hydrogen-bond donors (Lipinski definition) is 0. The molecule has 4 rings (SSSR count). The highest BCUT2D eigenvalue weighted by Gasteiger charge is 2.31. The fourth-order valence-corrected chi connectivity index (χ4v) is 3.05. The second-order valence-corrected chi connectivity index (χ2v) is 6.31. The number of aromatic nitrogens is 1. The van der Waals surface area contributed by atoms with E-state index in [0.29, 0.717) is 16.7 Å². The highest BCUT2D eigenvalue weighted by atomic mass is 35.5. The molecule has 1 heterocycles. The third-order valence-corrected chi connectivity index (χ3v) is 4.38. The summed E-state index contributed by atoms with van der Waals surface area (Å²) in [5.41, 5.74) is 1.47. The van der Waals surface area contributed by atoms with Gasteiger partial charge in [-0.3, -0.25) is 0 Å². The predicted molar refractivity (Wildman–Crippen MR) is 94.9 cm³/mol. The van der Waals surface area contributed by atoms with E-state index in [9.17, 15) is 17.6 Å². The zero-order chi connectivity index (χ0) is 19.2. The monoisotopic (exact) mass is 391 g/mol. The van der Waals surface area contributed by atoms with E-state index in [-0.39, 0.29) is 22.0 Å². The molecule has 0 spiro atoms. The van der Waals surface area contributed by atoms with Gasteiger partial charge in [-0.05, 0) is 54.1 Å². The minimum Gasteiger partial charge on any atom is -0.436 e. The molecule has 0 aliphatic rings. The lowest BCUT2D eigenvalue weighted by Gasteiger charge is -2.06. The van der Waals surface area contributed by atoms with Crippen molar-refractivity contribution in [1.82, 2.24) is 4.98 Å². The SMILES string of the molecule is Fc1ccc(-c2cccc(-c3nc4cc(C(F)(F)F)ccc4o3)c2)c(Cl)c1. The Morgan fingerprint density at radius 1 is 0.889 bits per heavy atom. The fourth-order valence-electron chi connectivity index (χ4n) is 2.77. The maximum absolute atomic E-state index is 13.3. The molecule has 0 N–H and O–H groups in total.